The summed E-state index contributed by atoms with van der Waals surface area (Å²) < 4.78 is 42.2. The number of nitrogens with zero attached hydrogens (tertiary/aromatic N) is 5. The Morgan fingerprint density at radius 1 is 1.12 bits per heavy atom. The molecule has 3 aromatic rings. The van der Waals surface area contributed by atoms with Crippen LogP contribution >= 0.6 is 11.6 Å². The highest BCUT2D eigenvalue weighted by molar-refractivity contribution is 6.30. The Balaban J connectivity index is 1.91. The van der Waals surface area contributed by atoms with Crippen LogP contribution in [0.15, 0.2) is 60.1 Å². The molecule has 1 aromatic carbocycles. The van der Waals surface area contributed by atoms with Crippen molar-refractivity contribution in [3.63, 3.8) is 0 Å². The van der Waals surface area contributed by atoms with E-state index >= 15 is 0 Å². The van der Waals surface area contributed by atoms with Crippen molar-refractivity contribution in [2.75, 3.05) is 4.90 Å². The van der Waals surface area contributed by atoms with E-state index in [1.54, 1.807) is 41.4 Å². The molecule has 1 atom stereocenters. The molecule has 132 valence electrons. The van der Waals surface area contributed by atoms with Crippen molar-refractivity contribution >= 4 is 29.2 Å². The van der Waals surface area contributed by atoms with Crippen LogP contribution in [0.4, 0.5) is 18.9 Å². The van der Waals surface area contributed by atoms with Gasteiger partial charge in [-0.25, -0.2) is 4.98 Å². The summed E-state index contributed by atoms with van der Waals surface area (Å²) in [6, 6.07) is 6.78. The maximum absolute atomic E-state index is 13.6. The zero-order valence-electron chi connectivity index (χ0n) is 13.1. The standard InChI is InChI=1S/C17H11ClF3N5/c18-11-2-4-12(5-3-11)25-8-1-6-23-16(25)14-15(17(19,20)21)24-13-10-22-7-9-26(13)14/h1-10,16H. The summed E-state index contributed by atoms with van der Waals surface area (Å²) in [5.74, 6) is 0. The molecular formula is C17H11ClF3N5. The zero-order chi connectivity index (χ0) is 18.3. The van der Waals surface area contributed by atoms with Crippen molar-refractivity contribution < 1.29 is 13.2 Å². The van der Waals surface area contributed by atoms with Crippen LogP contribution in [0, 0.1) is 0 Å². The average Bonchev–Trinajstić information content (AvgIpc) is 3.02. The number of aliphatic imine (C=N–C) groups is 1. The number of alkyl halides is 3. The molecule has 0 aliphatic carbocycles. The summed E-state index contributed by atoms with van der Waals surface area (Å²) in [4.78, 5) is 13.5. The van der Waals surface area contributed by atoms with Gasteiger partial charge in [-0.15, -0.1) is 0 Å². The SMILES string of the molecule is FC(F)(F)c1nc2cnccn2c1C1N=CC=CN1c1ccc(Cl)cc1. The van der Waals surface area contributed by atoms with E-state index in [0.717, 1.165) is 0 Å². The summed E-state index contributed by atoms with van der Waals surface area (Å²) in [6.45, 7) is 0. The van der Waals surface area contributed by atoms with Crippen molar-refractivity contribution in [3.8, 4) is 0 Å². The molecule has 4 rings (SSSR count). The predicted molar refractivity (Wildman–Crippen MR) is 92.3 cm³/mol. The lowest BCUT2D eigenvalue weighted by molar-refractivity contribution is -0.141. The molecule has 0 saturated heterocycles. The first-order valence-electron chi connectivity index (χ1n) is 7.58. The van der Waals surface area contributed by atoms with Gasteiger partial charge in [-0.2, -0.15) is 13.2 Å². The van der Waals surface area contributed by atoms with E-state index in [9.17, 15) is 13.2 Å². The first-order chi connectivity index (χ1) is 12.4. The second-order valence-electron chi connectivity index (χ2n) is 5.54. The van der Waals surface area contributed by atoms with E-state index in [4.69, 9.17) is 11.6 Å². The molecule has 1 aliphatic rings. The third-order valence-electron chi connectivity index (χ3n) is 3.93. The first-order valence-corrected chi connectivity index (χ1v) is 7.96. The quantitative estimate of drug-likeness (QED) is 0.660. The smallest absolute Gasteiger partial charge is 0.320 e. The van der Waals surface area contributed by atoms with Gasteiger partial charge in [-0.1, -0.05) is 11.6 Å². The third-order valence-corrected chi connectivity index (χ3v) is 4.18. The number of imidazole rings is 1. The van der Waals surface area contributed by atoms with Gasteiger partial charge in [0, 0.05) is 35.5 Å². The second kappa shape index (κ2) is 6.14. The summed E-state index contributed by atoms with van der Waals surface area (Å²) >= 11 is 5.91. The normalized spacial score (nSPS) is 17.2. The van der Waals surface area contributed by atoms with Gasteiger partial charge < -0.3 is 4.90 Å². The van der Waals surface area contributed by atoms with E-state index in [0.29, 0.717) is 10.7 Å². The number of hydrogen-bond acceptors (Lipinski definition) is 4. The zero-order valence-corrected chi connectivity index (χ0v) is 13.9. The van der Waals surface area contributed by atoms with Gasteiger partial charge >= 0.3 is 6.18 Å². The van der Waals surface area contributed by atoms with Gasteiger partial charge in [0.1, 0.15) is 5.69 Å². The van der Waals surface area contributed by atoms with Crippen molar-refractivity contribution in [2.45, 2.75) is 12.3 Å². The minimum absolute atomic E-state index is 0.0783. The number of aromatic nitrogens is 3. The Hall–Kier alpha value is -2.87. The van der Waals surface area contributed by atoms with Crippen molar-refractivity contribution in [1.82, 2.24) is 14.4 Å². The largest absolute Gasteiger partial charge is 0.435 e. The molecule has 0 amide bonds. The Bertz CT molecular complexity index is 1010. The molecule has 9 heteroatoms. The lowest BCUT2D eigenvalue weighted by Gasteiger charge is -2.30. The molecule has 2 aromatic heterocycles. The maximum Gasteiger partial charge on any atom is 0.435 e. The number of hydrogen-bond donors (Lipinski definition) is 0. The van der Waals surface area contributed by atoms with Crippen LogP contribution in [-0.4, -0.2) is 20.6 Å². The van der Waals surface area contributed by atoms with Gasteiger partial charge in [0.05, 0.1) is 6.20 Å². The molecule has 3 heterocycles. The van der Waals surface area contributed by atoms with Crippen molar-refractivity contribution in [3.05, 3.63) is 71.5 Å². The number of halogens is 4. The predicted octanol–water partition coefficient (Wildman–Crippen LogP) is 4.50. The minimum atomic E-state index is -4.62. The monoisotopic (exact) mass is 377 g/mol. The average molecular weight is 378 g/mol. The Morgan fingerprint density at radius 3 is 2.62 bits per heavy atom. The summed E-state index contributed by atoms with van der Waals surface area (Å²) in [5.41, 5.74) is -0.298. The van der Waals surface area contributed by atoms with Crippen LogP contribution in [0.5, 0.6) is 0 Å². The molecule has 1 unspecified atom stereocenters. The number of rotatable bonds is 2. The first kappa shape index (κ1) is 16.6. The van der Waals surface area contributed by atoms with Crippen LogP contribution in [0.1, 0.15) is 17.6 Å². The molecule has 0 spiro atoms. The molecule has 1 aliphatic heterocycles. The van der Waals surface area contributed by atoms with E-state index in [2.05, 4.69) is 15.0 Å². The van der Waals surface area contributed by atoms with Crippen LogP contribution in [0.25, 0.3) is 5.65 Å². The lowest BCUT2D eigenvalue weighted by atomic mass is 10.2. The Kier molecular flexibility index (Phi) is 3.91. The van der Waals surface area contributed by atoms with Gasteiger partial charge in [0.15, 0.2) is 17.5 Å². The van der Waals surface area contributed by atoms with E-state index in [-0.39, 0.29) is 11.3 Å². The Labute approximate surface area is 151 Å². The fourth-order valence-electron chi connectivity index (χ4n) is 2.84. The third kappa shape index (κ3) is 2.82. The summed E-state index contributed by atoms with van der Waals surface area (Å²) in [5, 5.41) is 0.534. The number of fused-ring (bicyclic) bond motifs is 1. The van der Waals surface area contributed by atoms with Crippen LogP contribution < -0.4 is 4.90 Å². The van der Waals surface area contributed by atoms with Crippen LogP contribution in [0.3, 0.4) is 0 Å². The van der Waals surface area contributed by atoms with E-state index in [1.807, 2.05) is 0 Å². The van der Waals surface area contributed by atoms with Crippen LogP contribution in [0.2, 0.25) is 5.02 Å². The van der Waals surface area contributed by atoms with Gasteiger partial charge in [0.2, 0.25) is 0 Å². The fourth-order valence-corrected chi connectivity index (χ4v) is 2.97. The molecule has 5 nitrogen and oxygen atoms in total. The number of anilines is 1. The number of benzene rings is 1. The second-order valence-corrected chi connectivity index (χ2v) is 5.98. The molecule has 0 radical (unpaired) electrons. The fraction of sp³-hybridized carbons (Fsp3) is 0.118. The van der Waals surface area contributed by atoms with Crippen LogP contribution in [-0.2, 0) is 6.18 Å². The molecule has 26 heavy (non-hydrogen) atoms. The van der Waals surface area contributed by atoms with Crippen molar-refractivity contribution in [2.24, 2.45) is 4.99 Å². The molecule has 0 N–H and O–H groups in total. The summed E-state index contributed by atoms with van der Waals surface area (Å²) in [6.07, 6.45) is 3.38. The topological polar surface area (TPSA) is 45.8 Å². The molecule has 0 saturated carbocycles. The molecule has 0 bridgehead atoms. The Morgan fingerprint density at radius 2 is 1.88 bits per heavy atom. The van der Waals surface area contributed by atoms with E-state index in [1.165, 1.54) is 29.2 Å². The van der Waals surface area contributed by atoms with Crippen molar-refractivity contribution in [1.29, 1.82) is 0 Å². The highest BCUT2D eigenvalue weighted by Crippen LogP contribution is 2.39. The summed E-state index contributed by atoms with van der Waals surface area (Å²) in [7, 11) is 0. The number of allylic oxidation sites excluding steroid dienone is 1. The van der Waals surface area contributed by atoms with Gasteiger partial charge in [0.25, 0.3) is 0 Å². The highest BCUT2D eigenvalue weighted by Gasteiger charge is 2.41. The maximum atomic E-state index is 13.6. The highest BCUT2D eigenvalue weighted by atomic mass is 35.5. The van der Waals surface area contributed by atoms with Gasteiger partial charge in [-0.05, 0) is 30.3 Å². The minimum Gasteiger partial charge on any atom is -0.320 e. The lowest BCUT2D eigenvalue weighted by Crippen LogP contribution is -2.27. The van der Waals surface area contributed by atoms with E-state index < -0.39 is 18.0 Å². The van der Waals surface area contributed by atoms with Gasteiger partial charge in [-0.3, -0.25) is 14.4 Å². The molecular weight excluding hydrogens is 367 g/mol. The molecule has 0 fully saturated rings.